The first-order valence-corrected chi connectivity index (χ1v) is 7.93. The van der Waals surface area contributed by atoms with Crippen molar-refractivity contribution in [1.29, 1.82) is 0 Å². The molecule has 2 nitrogen and oxygen atoms in total. The fraction of sp³-hybridized carbons (Fsp3) is 0.250. The second kappa shape index (κ2) is 3.94. The Kier molecular flexibility index (Phi) is 2.58. The summed E-state index contributed by atoms with van der Waals surface area (Å²) in [6.45, 7) is 4.24. The van der Waals surface area contributed by atoms with Crippen LogP contribution in [0.3, 0.4) is 0 Å². The average Bonchev–Trinajstić information content (AvgIpc) is 2.55. The van der Waals surface area contributed by atoms with Gasteiger partial charge in [-0.1, -0.05) is 50.3 Å². The molecule has 0 bridgehead atoms. The summed E-state index contributed by atoms with van der Waals surface area (Å²) in [5.41, 5.74) is 1.59. The Morgan fingerprint density at radius 2 is 1.95 bits per heavy atom. The third-order valence-corrected chi connectivity index (χ3v) is 5.85. The number of hydrogen-bond acceptors (Lipinski definition) is 2. The van der Waals surface area contributed by atoms with Crippen molar-refractivity contribution >= 4 is 15.4 Å². The van der Waals surface area contributed by atoms with Crippen LogP contribution < -0.4 is 0 Å². The summed E-state index contributed by atoms with van der Waals surface area (Å²) in [7, 11) is -3.35. The summed E-state index contributed by atoms with van der Waals surface area (Å²) in [5.74, 6) is 0. The van der Waals surface area contributed by atoms with Crippen LogP contribution in [0.25, 0.3) is 5.57 Å². The van der Waals surface area contributed by atoms with Crippen molar-refractivity contribution in [3.63, 3.8) is 0 Å². The van der Waals surface area contributed by atoms with E-state index in [9.17, 15) is 8.42 Å². The van der Waals surface area contributed by atoms with E-state index in [0.29, 0.717) is 9.80 Å². The fourth-order valence-electron chi connectivity index (χ4n) is 2.60. The largest absolute Gasteiger partial charge is 0.218 e. The zero-order valence-electron chi connectivity index (χ0n) is 11.1. The van der Waals surface area contributed by atoms with Crippen LogP contribution in [0, 0.1) is 5.41 Å². The first kappa shape index (κ1) is 12.4. The Hall–Kier alpha value is -1.61. The Bertz CT molecular complexity index is 736. The molecule has 0 amide bonds. The molecule has 3 heteroatoms. The zero-order chi connectivity index (χ0) is 13.7. The van der Waals surface area contributed by atoms with Gasteiger partial charge in [0.1, 0.15) is 0 Å². The van der Waals surface area contributed by atoms with Crippen molar-refractivity contribution in [1.82, 2.24) is 0 Å². The first-order valence-electron chi connectivity index (χ1n) is 6.45. The molecule has 1 aromatic rings. The molecule has 2 aliphatic rings. The second-order valence-electron chi connectivity index (χ2n) is 5.31. The van der Waals surface area contributed by atoms with Crippen molar-refractivity contribution < 1.29 is 8.42 Å². The van der Waals surface area contributed by atoms with E-state index in [1.165, 1.54) is 0 Å². The number of fused-ring (bicyclic) bond motifs is 3. The molecule has 0 saturated carbocycles. The molecule has 19 heavy (non-hydrogen) atoms. The summed E-state index contributed by atoms with van der Waals surface area (Å²) in [5, 5.41) is 0. The SMILES string of the molecule is CCC1(C)C=CC=C2C(=C1)c1ccccc1S2(=O)=O. The van der Waals surface area contributed by atoms with Crippen LogP contribution in [0.5, 0.6) is 0 Å². The predicted octanol–water partition coefficient (Wildman–Crippen LogP) is 3.73. The summed E-state index contributed by atoms with van der Waals surface area (Å²) in [6, 6.07) is 7.24. The van der Waals surface area contributed by atoms with Gasteiger partial charge in [-0.25, -0.2) is 8.42 Å². The lowest BCUT2D eigenvalue weighted by atomic mass is 9.85. The molecule has 1 unspecified atom stereocenters. The van der Waals surface area contributed by atoms with Gasteiger partial charge < -0.3 is 0 Å². The number of allylic oxidation sites excluding steroid dienone is 5. The molecule has 98 valence electrons. The molecule has 1 heterocycles. The second-order valence-corrected chi connectivity index (χ2v) is 7.19. The van der Waals surface area contributed by atoms with E-state index in [4.69, 9.17) is 0 Å². The van der Waals surface area contributed by atoms with E-state index in [-0.39, 0.29) is 5.41 Å². The molecule has 1 atom stereocenters. The summed E-state index contributed by atoms with van der Waals surface area (Å²) < 4.78 is 25.1. The van der Waals surface area contributed by atoms with Gasteiger partial charge in [-0.05, 0) is 24.1 Å². The van der Waals surface area contributed by atoms with Crippen molar-refractivity contribution in [3.8, 4) is 0 Å². The van der Waals surface area contributed by atoms with Crippen LogP contribution in [0.4, 0.5) is 0 Å². The Labute approximate surface area is 114 Å². The number of benzene rings is 1. The third kappa shape index (κ3) is 1.72. The Balaban J connectivity index is 2.35. The van der Waals surface area contributed by atoms with Crippen LogP contribution in [0.2, 0.25) is 0 Å². The molecule has 1 aliphatic carbocycles. The third-order valence-electron chi connectivity index (χ3n) is 3.98. The topological polar surface area (TPSA) is 34.1 Å². The highest BCUT2D eigenvalue weighted by atomic mass is 32.2. The minimum atomic E-state index is -3.35. The lowest BCUT2D eigenvalue weighted by Gasteiger charge is -2.19. The molecule has 3 rings (SSSR count). The smallest absolute Gasteiger partial charge is 0.207 e. The van der Waals surface area contributed by atoms with Crippen LogP contribution in [0.15, 0.2) is 58.4 Å². The van der Waals surface area contributed by atoms with Gasteiger partial charge in [0.2, 0.25) is 9.84 Å². The number of sulfone groups is 1. The van der Waals surface area contributed by atoms with Crippen LogP contribution in [-0.2, 0) is 9.84 Å². The van der Waals surface area contributed by atoms with E-state index in [1.807, 2.05) is 18.2 Å². The lowest BCUT2D eigenvalue weighted by Crippen LogP contribution is -2.07. The standard InChI is InChI=1S/C16H16O2S/c1-3-16(2)10-6-9-15-13(11-16)12-7-4-5-8-14(12)19(15,17)18/h4-11H,3H2,1-2H3. The molecule has 0 spiro atoms. The van der Waals surface area contributed by atoms with Crippen LogP contribution >= 0.6 is 0 Å². The highest BCUT2D eigenvalue weighted by molar-refractivity contribution is 7.96. The molecule has 0 N–H and O–H groups in total. The summed E-state index contributed by atoms with van der Waals surface area (Å²) in [6.07, 6.45) is 8.69. The van der Waals surface area contributed by atoms with Gasteiger partial charge in [0.05, 0.1) is 9.80 Å². The summed E-state index contributed by atoms with van der Waals surface area (Å²) in [4.78, 5) is 0.864. The number of hydrogen-bond donors (Lipinski definition) is 0. The van der Waals surface area contributed by atoms with Gasteiger partial charge >= 0.3 is 0 Å². The zero-order valence-corrected chi connectivity index (χ0v) is 11.9. The fourth-order valence-corrected chi connectivity index (χ4v) is 4.28. The molecule has 1 aliphatic heterocycles. The Morgan fingerprint density at radius 1 is 1.21 bits per heavy atom. The predicted molar refractivity (Wildman–Crippen MR) is 77.2 cm³/mol. The monoisotopic (exact) mass is 272 g/mol. The molecule has 0 aromatic heterocycles. The minimum absolute atomic E-state index is 0.0967. The van der Waals surface area contributed by atoms with Crippen molar-refractivity contribution in [2.45, 2.75) is 25.2 Å². The maximum Gasteiger partial charge on any atom is 0.207 e. The number of rotatable bonds is 1. The van der Waals surface area contributed by atoms with Crippen molar-refractivity contribution in [2.24, 2.45) is 5.41 Å². The lowest BCUT2D eigenvalue weighted by molar-refractivity contribution is 0.532. The average molecular weight is 272 g/mol. The van der Waals surface area contributed by atoms with Gasteiger partial charge in [0, 0.05) is 11.0 Å². The van der Waals surface area contributed by atoms with Gasteiger partial charge in [-0.2, -0.15) is 0 Å². The molecule has 0 radical (unpaired) electrons. The molecule has 0 saturated heterocycles. The molecule has 0 fully saturated rings. The Morgan fingerprint density at radius 3 is 2.68 bits per heavy atom. The van der Waals surface area contributed by atoms with Crippen LogP contribution in [0.1, 0.15) is 25.8 Å². The molecular formula is C16H16O2S. The van der Waals surface area contributed by atoms with Gasteiger partial charge in [0.15, 0.2) is 0 Å². The van der Waals surface area contributed by atoms with Gasteiger partial charge in [-0.15, -0.1) is 0 Å². The molecule has 1 aromatic carbocycles. The van der Waals surface area contributed by atoms with E-state index >= 15 is 0 Å². The molecular weight excluding hydrogens is 256 g/mol. The van der Waals surface area contributed by atoms with Gasteiger partial charge in [-0.3, -0.25) is 0 Å². The summed E-state index contributed by atoms with van der Waals surface area (Å²) >= 11 is 0. The first-order chi connectivity index (χ1) is 8.98. The van der Waals surface area contributed by atoms with Crippen molar-refractivity contribution in [2.75, 3.05) is 0 Å². The minimum Gasteiger partial charge on any atom is -0.218 e. The van der Waals surface area contributed by atoms with E-state index in [2.05, 4.69) is 26.0 Å². The quantitative estimate of drug-likeness (QED) is 0.780. The van der Waals surface area contributed by atoms with E-state index in [1.54, 1.807) is 18.2 Å². The van der Waals surface area contributed by atoms with E-state index in [0.717, 1.165) is 17.6 Å². The maximum absolute atomic E-state index is 12.5. The highest BCUT2D eigenvalue weighted by Gasteiger charge is 2.37. The van der Waals surface area contributed by atoms with Gasteiger partial charge in [0.25, 0.3) is 0 Å². The van der Waals surface area contributed by atoms with E-state index < -0.39 is 9.84 Å². The van der Waals surface area contributed by atoms with Crippen LogP contribution in [-0.4, -0.2) is 8.42 Å². The normalized spacial score (nSPS) is 27.1. The van der Waals surface area contributed by atoms with Crippen molar-refractivity contribution in [3.05, 3.63) is 59.0 Å². The highest BCUT2D eigenvalue weighted by Crippen LogP contribution is 2.46. The maximum atomic E-state index is 12.5.